The molecule has 0 saturated heterocycles. The van der Waals surface area contributed by atoms with Crippen LogP contribution in [0.2, 0.25) is 0 Å². The first kappa shape index (κ1) is 33.3. The van der Waals surface area contributed by atoms with Crippen LogP contribution in [0.1, 0.15) is 0 Å². The van der Waals surface area contributed by atoms with Gasteiger partial charge in [0.15, 0.2) is 0 Å². The molecule has 0 nitrogen and oxygen atoms in total. The van der Waals surface area contributed by atoms with Gasteiger partial charge in [-0.1, -0.05) is 170 Å². The van der Waals surface area contributed by atoms with E-state index < -0.39 is 0 Å². The van der Waals surface area contributed by atoms with Crippen LogP contribution in [0.5, 0.6) is 0 Å². The van der Waals surface area contributed by atoms with Crippen LogP contribution in [0.4, 0.5) is 0 Å². The van der Waals surface area contributed by atoms with Gasteiger partial charge in [0.2, 0.25) is 0 Å². The molecule has 0 spiro atoms. The number of benzene rings is 11. The fraction of sp³-hybridized carbons (Fsp3) is 0. The van der Waals surface area contributed by atoms with E-state index in [-0.39, 0.29) is 0 Å². The molecule has 0 N–H and O–H groups in total. The molecule has 2 aliphatic rings. The summed E-state index contributed by atoms with van der Waals surface area (Å²) in [7, 11) is 0. The Morgan fingerprint density at radius 1 is 0.230 bits per heavy atom. The Bertz CT molecular complexity index is 3830. The standard InChI is InChI=1S/C60H34S/c1-2-11-35(12-3-1)36-21-23-42-38(31-36)32-39(41-25-26-51-44-14-5-4-13-43(44)48-19-10-18-47(41)58(48)51)34-54(42)53-29-28-50-40(24-27-52-45-15-6-7-17-49(45)59(53)60(50)52)37-22-30-57-55(33-37)46-16-8-9-20-56(46)61-57/h1-34H. The van der Waals surface area contributed by atoms with Crippen LogP contribution in [0.25, 0.3) is 142 Å². The molecule has 12 aromatic rings. The topological polar surface area (TPSA) is 0 Å². The maximum Gasteiger partial charge on any atom is 0.0355 e. The Hall–Kier alpha value is -7.58. The fourth-order valence-corrected chi connectivity index (χ4v) is 12.0. The first-order chi connectivity index (χ1) is 30.2. The molecule has 0 unspecified atom stereocenters. The molecule has 0 saturated carbocycles. The van der Waals surface area contributed by atoms with Crippen molar-refractivity contribution in [2.24, 2.45) is 0 Å². The lowest BCUT2D eigenvalue weighted by atomic mass is 9.85. The summed E-state index contributed by atoms with van der Waals surface area (Å²) in [5, 5.41) is 10.4. The highest BCUT2D eigenvalue weighted by molar-refractivity contribution is 7.25. The first-order valence-corrected chi connectivity index (χ1v) is 22.0. The zero-order chi connectivity index (χ0) is 39.8. The van der Waals surface area contributed by atoms with Crippen molar-refractivity contribution >= 4 is 63.8 Å². The largest absolute Gasteiger partial charge is 0.135 e. The van der Waals surface area contributed by atoms with Gasteiger partial charge in [0.05, 0.1) is 0 Å². The Kier molecular flexibility index (Phi) is 6.80. The minimum Gasteiger partial charge on any atom is -0.135 e. The van der Waals surface area contributed by atoms with E-state index in [9.17, 15) is 0 Å². The molecule has 0 radical (unpaired) electrons. The number of hydrogen-bond acceptors (Lipinski definition) is 1. The molecular weight excluding hydrogens is 753 g/mol. The van der Waals surface area contributed by atoms with E-state index in [0.717, 1.165) is 0 Å². The van der Waals surface area contributed by atoms with Crippen molar-refractivity contribution in [1.29, 1.82) is 0 Å². The summed E-state index contributed by atoms with van der Waals surface area (Å²) in [6.07, 6.45) is 0. The third-order valence-corrected chi connectivity index (χ3v) is 14.7. The van der Waals surface area contributed by atoms with E-state index in [1.54, 1.807) is 0 Å². The summed E-state index contributed by atoms with van der Waals surface area (Å²) >= 11 is 1.88. The van der Waals surface area contributed by atoms with E-state index >= 15 is 0 Å². The van der Waals surface area contributed by atoms with Crippen LogP contribution in [-0.4, -0.2) is 0 Å². The van der Waals surface area contributed by atoms with Crippen molar-refractivity contribution in [3.8, 4) is 89.0 Å². The second-order valence-electron chi connectivity index (χ2n) is 16.7. The molecule has 14 rings (SSSR count). The smallest absolute Gasteiger partial charge is 0.0355 e. The molecule has 0 bridgehead atoms. The normalized spacial score (nSPS) is 12.3. The minimum absolute atomic E-state index is 1.22. The highest BCUT2D eigenvalue weighted by atomic mass is 32.1. The van der Waals surface area contributed by atoms with E-state index in [0.29, 0.717) is 0 Å². The van der Waals surface area contributed by atoms with Gasteiger partial charge in [0.25, 0.3) is 0 Å². The first-order valence-electron chi connectivity index (χ1n) is 21.2. The molecule has 1 heterocycles. The van der Waals surface area contributed by atoms with Crippen molar-refractivity contribution in [2.75, 3.05) is 0 Å². The molecular formula is C60H34S. The van der Waals surface area contributed by atoms with Gasteiger partial charge in [-0.2, -0.15) is 0 Å². The number of fused-ring (bicyclic) bond motifs is 10. The van der Waals surface area contributed by atoms with Gasteiger partial charge in [0, 0.05) is 20.2 Å². The van der Waals surface area contributed by atoms with Gasteiger partial charge >= 0.3 is 0 Å². The lowest BCUT2D eigenvalue weighted by molar-refractivity contribution is 1.62. The van der Waals surface area contributed by atoms with Gasteiger partial charge < -0.3 is 0 Å². The summed E-state index contributed by atoms with van der Waals surface area (Å²) in [5.74, 6) is 0. The Morgan fingerprint density at radius 3 is 1.62 bits per heavy atom. The number of rotatable bonds is 4. The van der Waals surface area contributed by atoms with Crippen LogP contribution in [-0.2, 0) is 0 Å². The van der Waals surface area contributed by atoms with Crippen LogP contribution >= 0.6 is 11.3 Å². The van der Waals surface area contributed by atoms with Crippen LogP contribution < -0.4 is 0 Å². The summed E-state index contributed by atoms with van der Waals surface area (Å²) in [6.45, 7) is 0. The second kappa shape index (κ2) is 12.5. The highest BCUT2D eigenvalue weighted by Gasteiger charge is 2.28. The SMILES string of the molecule is c1ccc(-c2ccc3c(-c4ccc5c(-c6ccc7sc8ccccc8c7c6)ccc6c5c4-c4ccccc4-6)cc(-c4ccc5c6c(cccc46)-c4ccccc4-5)cc3c2)cc1. The molecule has 0 aliphatic heterocycles. The zero-order valence-electron chi connectivity index (χ0n) is 33.0. The van der Waals surface area contributed by atoms with Gasteiger partial charge in [0.1, 0.15) is 0 Å². The molecule has 280 valence electrons. The fourth-order valence-electron chi connectivity index (χ4n) is 10.9. The molecule has 11 aromatic carbocycles. The van der Waals surface area contributed by atoms with Crippen LogP contribution in [0.15, 0.2) is 206 Å². The molecule has 1 aromatic heterocycles. The quantitative estimate of drug-likeness (QED) is 0.167. The van der Waals surface area contributed by atoms with Gasteiger partial charge in [-0.25, -0.2) is 0 Å². The van der Waals surface area contributed by atoms with Crippen LogP contribution in [0, 0.1) is 0 Å². The summed E-state index contributed by atoms with van der Waals surface area (Å²) in [4.78, 5) is 0. The van der Waals surface area contributed by atoms with Gasteiger partial charge in [-0.15, -0.1) is 11.3 Å². The minimum atomic E-state index is 1.22. The Labute approximate surface area is 357 Å². The van der Waals surface area contributed by atoms with Crippen LogP contribution in [0.3, 0.4) is 0 Å². The average Bonchev–Trinajstić information content (AvgIpc) is 3.98. The lowest BCUT2D eigenvalue weighted by Crippen LogP contribution is -1.91. The lowest BCUT2D eigenvalue weighted by Gasteiger charge is -2.18. The van der Waals surface area contributed by atoms with Crippen molar-refractivity contribution in [2.45, 2.75) is 0 Å². The number of thiophene rings is 1. The Balaban J connectivity index is 1.04. The van der Waals surface area contributed by atoms with Crippen molar-refractivity contribution in [3.05, 3.63) is 206 Å². The van der Waals surface area contributed by atoms with Gasteiger partial charge in [-0.3, -0.25) is 0 Å². The zero-order valence-corrected chi connectivity index (χ0v) is 33.9. The van der Waals surface area contributed by atoms with E-state index in [4.69, 9.17) is 0 Å². The maximum absolute atomic E-state index is 2.48. The highest BCUT2D eigenvalue weighted by Crippen LogP contribution is 2.55. The predicted molar refractivity (Wildman–Crippen MR) is 262 cm³/mol. The van der Waals surface area contributed by atoms with E-state index in [1.807, 2.05) is 11.3 Å². The number of hydrogen-bond donors (Lipinski definition) is 0. The third-order valence-electron chi connectivity index (χ3n) is 13.6. The second-order valence-corrected chi connectivity index (χ2v) is 17.8. The van der Waals surface area contributed by atoms with E-state index in [1.165, 1.54) is 142 Å². The molecule has 0 amide bonds. The monoisotopic (exact) mass is 786 g/mol. The molecule has 2 aliphatic carbocycles. The van der Waals surface area contributed by atoms with Crippen molar-refractivity contribution in [1.82, 2.24) is 0 Å². The summed E-state index contributed by atoms with van der Waals surface area (Å²) in [5.41, 5.74) is 20.6. The van der Waals surface area contributed by atoms with Crippen molar-refractivity contribution in [3.63, 3.8) is 0 Å². The summed E-state index contributed by atoms with van der Waals surface area (Å²) in [6, 6.07) is 77.6. The van der Waals surface area contributed by atoms with E-state index in [2.05, 4.69) is 206 Å². The van der Waals surface area contributed by atoms with Gasteiger partial charge in [-0.05, 0) is 158 Å². The maximum atomic E-state index is 2.48. The molecule has 0 atom stereocenters. The molecule has 0 fully saturated rings. The average molecular weight is 787 g/mol. The van der Waals surface area contributed by atoms with Crippen molar-refractivity contribution < 1.29 is 0 Å². The predicted octanol–water partition coefficient (Wildman–Crippen LogP) is 17.5. The molecule has 61 heavy (non-hydrogen) atoms. The molecule has 1 heteroatoms. The third kappa shape index (κ3) is 4.70. The Morgan fingerprint density at radius 2 is 0.787 bits per heavy atom. The summed E-state index contributed by atoms with van der Waals surface area (Å²) < 4.78 is 2.67.